The monoisotopic (exact) mass is 225 g/mol. The van der Waals surface area contributed by atoms with Gasteiger partial charge in [-0.3, -0.25) is 4.55 Å². The Morgan fingerprint density at radius 1 is 1.29 bits per heavy atom. The Balaban J connectivity index is 3.69. The lowest BCUT2D eigenvalue weighted by Crippen LogP contribution is -2.36. The van der Waals surface area contributed by atoms with Crippen LogP contribution < -0.4 is 4.72 Å². The van der Waals surface area contributed by atoms with Gasteiger partial charge in [-0.1, -0.05) is 32.6 Å². The molecule has 0 aliphatic carbocycles. The molecule has 0 aliphatic heterocycles. The van der Waals surface area contributed by atoms with Crippen molar-refractivity contribution in [2.24, 2.45) is 0 Å². The molecular weight excluding hydrogens is 206 g/mol. The van der Waals surface area contributed by atoms with E-state index in [1.807, 2.05) is 4.72 Å². The highest BCUT2D eigenvalue weighted by Gasteiger charge is 2.13. The van der Waals surface area contributed by atoms with Crippen molar-refractivity contribution in [2.75, 3.05) is 6.61 Å². The first-order valence-electron chi connectivity index (χ1n) is 4.85. The van der Waals surface area contributed by atoms with E-state index in [0.717, 1.165) is 25.7 Å². The van der Waals surface area contributed by atoms with E-state index in [1.165, 1.54) is 0 Å². The predicted molar refractivity (Wildman–Crippen MR) is 54.3 cm³/mol. The van der Waals surface area contributed by atoms with E-state index >= 15 is 0 Å². The molecule has 0 fully saturated rings. The highest BCUT2D eigenvalue weighted by atomic mass is 32.2. The van der Waals surface area contributed by atoms with Crippen LogP contribution in [0.5, 0.6) is 0 Å². The number of rotatable bonds is 8. The van der Waals surface area contributed by atoms with Crippen molar-refractivity contribution in [1.82, 2.24) is 4.72 Å². The van der Waals surface area contributed by atoms with Crippen LogP contribution >= 0.6 is 0 Å². The third kappa shape index (κ3) is 8.43. The highest BCUT2D eigenvalue weighted by Crippen LogP contribution is 2.05. The van der Waals surface area contributed by atoms with E-state index in [-0.39, 0.29) is 6.61 Å². The van der Waals surface area contributed by atoms with Crippen molar-refractivity contribution < 1.29 is 18.1 Å². The summed E-state index contributed by atoms with van der Waals surface area (Å²) < 4.78 is 31.3. The van der Waals surface area contributed by atoms with Crippen LogP contribution in [0, 0.1) is 0 Å². The summed E-state index contributed by atoms with van der Waals surface area (Å²) in [6.07, 6.45) is 4.62. The quantitative estimate of drug-likeness (QED) is 0.419. The molecule has 0 saturated heterocycles. The predicted octanol–water partition coefficient (Wildman–Crippen LogP) is 0.710. The lowest BCUT2D eigenvalue weighted by atomic mass is 10.1. The van der Waals surface area contributed by atoms with Gasteiger partial charge in [0.2, 0.25) is 0 Å². The van der Waals surface area contributed by atoms with Gasteiger partial charge in [0, 0.05) is 6.04 Å². The summed E-state index contributed by atoms with van der Waals surface area (Å²) in [5, 5.41) is 8.81. The fourth-order valence-corrected chi connectivity index (χ4v) is 1.83. The fourth-order valence-electron chi connectivity index (χ4n) is 1.22. The number of hydrogen-bond acceptors (Lipinski definition) is 3. The van der Waals surface area contributed by atoms with Crippen molar-refractivity contribution in [2.45, 2.75) is 45.1 Å². The summed E-state index contributed by atoms with van der Waals surface area (Å²) in [5.41, 5.74) is 0. The van der Waals surface area contributed by atoms with Crippen LogP contribution in [0.2, 0.25) is 0 Å². The Labute approximate surface area is 85.4 Å². The zero-order valence-electron chi connectivity index (χ0n) is 8.44. The molecule has 0 bridgehead atoms. The maximum Gasteiger partial charge on any atom is 0.333 e. The van der Waals surface area contributed by atoms with E-state index in [4.69, 9.17) is 9.66 Å². The van der Waals surface area contributed by atoms with Gasteiger partial charge in [0.05, 0.1) is 6.61 Å². The molecule has 0 spiro atoms. The van der Waals surface area contributed by atoms with Crippen LogP contribution in [0.3, 0.4) is 0 Å². The van der Waals surface area contributed by atoms with Crippen LogP contribution in [0.4, 0.5) is 0 Å². The fraction of sp³-hybridized carbons (Fsp3) is 1.00. The van der Waals surface area contributed by atoms with Crippen molar-refractivity contribution in [3.8, 4) is 0 Å². The van der Waals surface area contributed by atoms with Crippen molar-refractivity contribution in [3.63, 3.8) is 0 Å². The van der Waals surface area contributed by atoms with Gasteiger partial charge in [-0.25, -0.2) is 0 Å². The summed E-state index contributed by atoms with van der Waals surface area (Å²) in [5.74, 6) is 0. The topological polar surface area (TPSA) is 86.6 Å². The minimum absolute atomic E-state index is 0.286. The zero-order valence-corrected chi connectivity index (χ0v) is 9.26. The highest BCUT2D eigenvalue weighted by molar-refractivity contribution is 7.83. The molecule has 5 nitrogen and oxygen atoms in total. The Bertz CT molecular complexity index is 227. The molecule has 0 aromatic carbocycles. The SMILES string of the molecule is CCCCCCC(CO)NS(=O)(=O)O. The summed E-state index contributed by atoms with van der Waals surface area (Å²) in [7, 11) is -4.19. The van der Waals surface area contributed by atoms with Crippen LogP contribution in [0.25, 0.3) is 0 Å². The summed E-state index contributed by atoms with van der Waals surface area (Å²) >= 11 is 0. The molecule has 0 radical (unpaired) electrons. The number of hydrogen-bond donors (Lipinski definition) is 3. The molecule has 1 atom stereocenters. The molecule has 14 heavy (non-hydrogen) atoms. The third-order valence-corrected chi connectivity index (χ3v) is 2.57. The molecule has 0 amide bonds. The molecule has 0 heterocycles. The molecule has 0 aliphatic rings. The second kappa shape index (κ2) is 7.17. The second-order valence-corrected chi connectivity index (χ2v) is 4.51. The zero-order chi connectivity index (χ0) is 11.0. The minimum atomic E-state index is -4.19. The molecule has 0 rings (SSSR count). The first kappa shape index (κ1) is 13.8. The van der Waals surface area contributed by atoms with Crippen LogP contribution in [-0.2, 0) is 10.3 Å². The summed E-state index contributed by atoms with van der Waals surface area (Å²) in [6.45, 7) is 1.80. The molecule has 6 heteroatoms. The summed E-state index contributed by atoms with van der Waals surface area (Å²) in [6, 6.07) is -0.568. The van der Waals surface area contributed by atoms with Gasteiger partial charge < -0.3 is 5.11 Å². The molecule has 1 unspecified atom stereocenters. The van der Waals surface area contributed by atoms with Gasteiger partial charge in [0.25, 0.3) is 0 Å². The van der Waals surface area contributed by atoms with E-state index in [2.05, 4.69) is 6.92 Å². The normalized spacial score (nSPS) is 14.2. The standard InChI is InChI=1S/C8H19NO4S/c1-2-3-4-5-6-8(7-10)9-14(11,12)13/h8-10H,2-7H2,1H3,(H,11,12,13). The molecule has 86 valence electrons. The Morgan fingerprint density at radius 2 is 1.93 bits per heavy atom. The Kier molecular flexibility index (Phi) is 7.08. The van der Waals surface area contributed by atoms with E-state index < -0.39 is 16.3 Å². The minimum Gasteiger partial charge on any atom is -0.395 e. The maximum absolute atomic E-state index is 10.4. The largest absolute Gasteiger partial charge is 0.395 e. The van der Waals surface area contributed by atoms with Crippen LogP contribution in [-0.4, -0.2) is 30.7 Å². The molecule has 0 aromatic heterocycles. The van der Waals surface area contributed by atoms with Gasteiger partial charge in [0.1, 0.15) is 0 Å². The average molecular weight is 225 g/mol. The Hall–Kier alpha value is -0.170. The van der Waals surface area contributed by atoms with Crippen molar-refractivity contribution in [1.29, 1.82) is 0 Å². The lowest BCUT2D eigenvalue weighted by molar-refractivity contribution is 0.244. The first-order valence-corrected chi connectivity index (χ1v) is 6.29. The van der Waals surface area contributed by atoms with Crippen LogP contribution in [0.1, 0.15) is 39.0 Å². The number of aliphatic hydroxyl groups is 1. The first-order chi connectivity index (χ1) is 6.49. The molecule has 0 saturated carbocycles. The van der Waals surface area contributed by atoms with E-state index in [1.54, 1.807) is 0 Å². The summed E-state index contributed by atoms with van der Waals surface area (Å²) in [4.78, 5) is 0. The van der Waals surface area contributed by atoms with Gasteiger partial charge in [-0.2, -0.15) is 13.1 Å². The number of nitrogens with one attached hydrogen (secondary N) is 1. The lowest BCUT2D eigenvalue weighted by Gasteiger charge is -2.13. The number of unbranched alkanes of at least 4 members (excludes halogenated alkanes) is 3. The van der Waals surface area contributed by atoms with Gasteiger partial charge in [-0.05, 0) is 6.42 Å². The second-order valence-electron chi connectivity index (χ2n) is 3.32. The van der Waals surface area contributed by atoms with Gasteiger partial charge in [0.15, 0.2) is 0 Å². The molecule has 0 aromatic rings. The smallest absolute Gasteiger partial charge is 0.333 e. The number of aliphatic hydroxyl groups excluding tert-OH is 1. The third-order valence-electron chi connectivity index (χ3n) is 1.94. The van der Waals surface area contributed by atoms with E-state index in [9.17, 15) is 8.42 Å². The Morgan fingerprint density at radius 3 is 2.36 bits per heavy atom. The van der Waals surface area contributed by atoms with Crippen molar-refractivity contribution >= 4 is 10.3 Å². The molecular formula is C8H19NO4S. The van der Waals surface area contributed by atoms with Gasteiger partial charge >= 0.3 is 10.3 Å². The maximum atomic E-state index is 10.4. The van der Waals surface area contributed by atoms with E-state index in [0.29, 0.717) is 6.42 Å². The molecule has 3 N–H and O–H groups in total. The average Bonchev–Trinajstić information content (AvgIpc) is 2.08. The van der Waals surface area contributed by atoms with Crippen LogP contribution in [0.15, 0.2) is 0 Å². The van der Waals surface area contributed by atoms with Gasteiger partial charge in [-0.15, -0.1) is 0 Å². The van der Waals surface area contributed by atoms with Crippen molar-refractivity contribution in [3.05, 3.63) is 0 Å².